The molecular formula is C16H32N2O2. The normalized spacial score (nSPS) is 26.8. The van der Waals surface area contributed by atoms with E-state index >= 15 is 0 Å². The van der Waals surface area contributed by atoms with Crippen molar-refractivity contribution in [3.8, 4) is 0 Å². The highest BCUT2D eigenvalue weighted by atomic mass is 16.5. The Morgan fingerprint density at radius 3 is 2.30 bits per heavy atom. The monoisotopic (exact) mass is 284 g/mol. The predicted octanol–water partition coefficient (Wildman–Crippen LogP) is 2.46. The van der Waals surface area contributed by atoms with Gasteiger partial charge in [0.1, 0.15) is 0 Å². The third-order valence-electron chi connectivity index (χ3n) is 5.00. The highest BCUT2D eigenvalue weighted by Crippen LogP contribution is 2.49. The minimum Gasteiger partial charge on any atom is -0.378 e. The number of ether oxygens (including phenoxy) is 1. The molecule has 2 unspecified atom stereocenters. The molecule has 1 fully saturated rings. The van der Waals surface area contributed by atoms with Crippen LogP contribution in [0.25, 0.3) is 0 Å². The summed E-state index contributed by atoms with van der Waals surface area (Å²) in [4.78, 5) is 12.3. The number of nitrogens with two attached hydrogens (primary N) is 1. The molecule has 3 atom stereocenters. The van der Waals surface area contributed by atoms with E-state index in [1.807, 2.05) is 27.7 Å². The van der Waals surface area contributed by atoms with Crippen LogP contribution in [0.1, 0.15) is 60.8 Å². The van der Waals surface area contributed by atoms with E-state index in [4.69, 9.17) is 10.5 Å². The second-order valence-electron chi connectivity index (χ2n) is 7.02. The van der Waals surface area contributed by atoms with Gasteiger partial charge in [0.25, 0.3) is 0 Å². The molecule has 0 radical (unpaired) electrons. The summed E-state index contributed by atoms with van der Waals surface area (Å²) in [6.07, 6.45) is 3.20. The van der Waals surface area contributed by atoms with E-state index in [1.165, 1.54) is 0 Å². The van der Waals surface area contributed by atoms with E-state index in [0.29, 0.717) is 0 Å². The van der Waals surface area contributed by atoms with Gasteiger partial charge in [-0.2, -0.15) is 0 Å². The van der Waals surface area contributed by atoms with Crippen LogP contribution in [0.2, 0.25) is 0 Å². The minimum absolute atomic E-state index is 0.0382. The van der Waals surface area contributed by atoms with Crippen LogP contribution in [0.3, 0.4) is 0 Å². The summed E-state index contributed by atoms with van der Waals surface area (Å²) in [6, 6.07) is -0.282. The van der Waals surface area contributed by atoms with Crippen LogP contribution in [0, 0.1) is 10.8 Å². The lowest BCUT2D eigenvalue weighted by atomic mass is 9.58. The Morgan fingerprint density at radius 1 is 1.35 bits per heavy atom. The fourth-order valence-electron chi connectivity index (χ4n) is 3.24. The zero-order chi connectivity index (χ0) is 15.6. The van der Waals surface area contributed by atoms with Crippen LogP contribution in [-0.2, 0) is 9.53 Å². The van der Waals surface area contributed by atoms with Gasteiger partial charge in [0.15, 0.2) is 0 Å². The first-order valence-electron chi connectivity index (χ1n) is 7.90. The van der Waals surface area contributed by atoms with Crippen LogP contribution >= 0.6 is 0 Å². The molecule has 1 aliphatic carbocycles. The van der Waals surface area contributed by atoms with Gasteiger partial charge in [0.05, 0.1) is 12.1 Å². The fourth-order valence-corrected chi connectivity index (χ4v) is 3.24. The Bertz CT molecular complexity index is 332. The van der Waals surface area contributed by atoms with Crippen molar-refractivity contribution in [3.05, 3.63) is 0 Å². The average Bonchev–Trinajstić information content (AvgIpc) is 2.37. The SMILES string of the molecule is CCOC1CC(NC(=O)[C@@H](N)C(C)(C)C)C1(CC)CC. The largest absolute Gasteiger partial charge is 0.378 e. The first-order chi connectivity index (χ1) is 9.22. The van der Waals surface area contributed by atoms with Crippen molar-refractivity contribution < 1.29 is 9.53 Å². The zero-order valence-electron chi connectivity index (χ0n) is 14.0. The average molecular weight is 284 g/mol. The molecule has 0 spiro atoms. The van der Waals surface area contributed by atoms with Crippen molar-refractivity contribution in [2.24, 2.45) is 16.6 Å². The summed E-state index contributed by atoms with van der Waals surface area (Å²) in [5, 5.41) is 3.16. The summed E-state index contributed by atoms with van der Waals surface area (Å²) in [7, 11) is 0. The summed E-state index contributed by atoms with van der Waals surface area (Å²) < 4.78 is 5.83. The first kappa shape index (κ1) is 17.4. The maximum atomic E-state index is 12.3. The molecule has 1 saturated carbocycles. The first-order valence-corrected chi connectivity index (χ1v) is 7.90. The smallest absolute Gasteiger partial charge is 0.237 e. The van der Waals surface area contributed by atoms with Gasteiger partial charge >= 0.3 is 0 Å². The van der Waals surface area contributed by atoms with E-state index in [9.17, 15) is 4.79 Å². The maximum absolute atomic E-state index is 12.3. The number of hydrogen-bond acceptors (Lipinski definition) is 3. The van der Waals surface area contributed by atoms with Crippen molar-refractivity contribution in [1.29, 1.82) is 0 Å². The van der Waals surface area contributed by atoms with Crippen molar-refractivity contribution in [2.75, 3.05) is 6.61 Å². The van der Waals surface area contributed by atoms with Gasteiger partial charge in [0.2, 0.25) is 5.91 Å². The van der Waals surface area contributed by atoms with Gasteiger partial charge in [-0.05, 0) is 31.6 Å². The molecule has 0 aromatic heterocycles. The van der Waals surface area contributed by atoms with E-state index in [-0.39, 0.29) is 28.9 Å². The van der Waals surface area contributed by atoms with Crippen molar-refractivity contribution in [2.45, 2.75) is 79.0 Å². The van der Waals surface area contributed by atoms with Gasteiger partial charge in [-0.3, -0.25) is 4.79 Å². The molecule has 0 bridgehead atoms. The number of nitrogens with one attached hydrogen (secondary N) is 1. The van der Waals surface area contributed by atoms with Crippen molar-refractivity contribution in [1.82, 2.24) is 5.32 Å². The second-order valence-corrected chi connectivity index (χ2v) is 7.02. The summed E-state index contributed by atoms with van der Waals surface area (Å²) in [6.45, 7) is 13.1. The standard InChI is InChI=1S/C16H32N2O2/c1-7-16(8-2)11(10-12(16)20-9-3)18-14(19)13(17)15(4,5)6/h11-13H,7-10,17H2,1-6H3,(H,18,19)/t11?,12?,13-/m1/s1. The van der Waals surface area contributed by atoms with Crippen LogP contribution in [0.15, 0.2) is 0 Å². The number of carbonyl (C=O) groups excluding carboxylic acids is 1. The van der Waals surface area contributed by atoms with E-state index < -0.39 is 6.04 Å². The Kier molecular flexibility index (Phi) is 5.61. The quantitative estimate of drug-likeness (QED) is 0.787. The fraction of sp³-hybridized carbons (Fsp3) is 0.938. The molecule has 1 aliphatic rings. The van der Waals surface area contributed by atoms with Crippen LogP contribution < -0.4 is 11.1 Å². The number of amides is 1. The lowest BCUT2D eigenvalue weighted by molar-refractivity contribution is -0.150. The minimum atomic E-state index is -0.472. The highest BCUT2D eigenvalue weighted by molar-refractivity contribution is 5.82. The zero-order valence-corrected chi connectivity index (χ0v) is 14.0. The molecule has 1 rings (SSSR count). The maximum Gasteiger partial charge on any atom is 0.237 e. The van der Waals surface area contributed by atoms with Crippen LogP contribution in [-0.4, -0.2) is 30.7 Å². The molecule has 3 N–H and O–H groups in total. The van der Waals surface area contributed by atoms with Gasteiger partial charge in [-0.1, -0.05) is 34.6 Å². The third kappa shape index (κ3) is 3.17. The van der Waals surface area contributed by atoms with Crippen molar-refractivity contribution in [3.63, 3.8) is 0 Å². The molecule has 0 aliphatic heterocycles. The van der Waals surface area contributed by atoms with E-state index in [0.717, 1.165) is 25.9 Å². The highest BCUT2D eigenvalue weighted by Gasteiger charge is 2.54. The van der Waals surface area contributed by atoms with E-state index in [1.54, 1.807) is 0 Å². The topological polar surface area (TPSA) is 64.3 Å². The Balaban J connectivity index is 2.71. The van der Waals surface area contributed by atoms with Gasteiger partial charge in [-0.25, -0.2) is 0 Å². The lowest BCUT2D eigenvalue weighted by Crippen LogP contribution is -2.66. The Labute approximate surface area is 123 Å². The lowest BCUT2D eigenvalue weighted by Gasteiger charge is -2.55. The summed E-state index contributed by atoms with van der Waals surface area (Å²) in [5.74, 6) is -0.0382. The van der Waals surface area contributed by atoms with Gasteiger partial charge in [0, 0.05) is 18.1 Å². The molecule has 0 saturated heterocycles. The van der Waals surface area contributed by atoms with Crippen molar-refractivity contribution >= 4 is 5.91 Å². The molecule has 118 valence electrons. The molecule has 1 amide bonds. The number of rotatable bonds is 6. The molecule has 20 heavy (non-hydrogen) atoms. The summed E-state index contributed by atoms with van der Waals surface area (Å²) >= 11 is 0. The second kappa shape index (κ2) is 6.44. The number of hydrogen-bond donors (Lipinski definition) is 2. The summed E-state index contributed by atoms with van der Waals surface area (Å²) in [5.41, 5.74) is 5.90. The molecule has 4 nitrogen and oxygen atoms in total. The van der Waals surface area contributed by atoms with Crippen LogP contribution in [0.4, 0.5) is 0 Å². The van der Waals surface area contributed by atoms with E-state index in [2.05, 4.69) is 19.2 Å². The van der Waals surface area contributed by atoms with Gasteiger partial charge < -0.3 is 15.8 Å². The number of carbonyl (C=O) groups is 1. The predicted molar refractivity (Wildman–Crippen MR) is 82.4 cm³/mol. The molecular weight excluding hydrogens is 252 g/mol. The molecule has 0 aromatic rings. The molecule has 0 aromatic carbocycles. The third-order valence-corrected chi connectivity index (χ3v) is 5.00. The molecule has 0 heterocycles. The Morgan fingerprint density at radius 2 is 1.90 bits per heavy atom. The van der Waals surface area contributed by atoms with Crippen LogP contribution in [0.5, 0.6) is 0 Å². The Hall–Kier alpha value is -0.610. The van der Waals surface area contributed by atoms with Gasteiger partial charge in [-0.15, -0.1) is 0 Å². The molecule has 4 heteroatoms.